The van der Waals surface area contributed by atoms with Crippen molar-refractivity contribution in [3.05, 3.63) is 0 Å². The van der Waals surface area contributed by atoms with Crippen LogP contribution in [0.1, 0.15) is 19.8 Å². The lowest BCUT2D eigenvalue weighted by molar-refractivity contribution is -0.241. The fourth-order valence-electron chi connectivity index (χ4n) is 1.08. The Morgan fingerprint density at radius 2 is 1.92 bits per heavy atom. The molecule has 0 atom stereocenters. The van der Waals surface area contributed by atoms with E-state index in [2.05, 4.69) is 0 Å². The van der Waals surface area contributed by atoms with Crippen LogP contribution >= 0.6 is 0 Å². The second-order valence-corrected chi connectivity index (χ2v) is 3.00. The minimum absolute atomic E-state index is 0.303. The Labute approximate surface area is 76.0 Å². The molecule has 0 aromatic carbocycles. The predicted octanol–water partition coefficient (Wildman–Crippen LogP) is 0.229. The van der Waals surface area contributed by atoms with Gasteiger partial charge >= 0.3 is 11.9 Å². The first kappa shape index (κ1) is 9.98. The number of cyclic esters (lactones) is 2. The first-order valence-corrected chi connectivity index (χ1v) is 3.98. The number of methoxy groups -OCH3 is 1. The van der Waals surface area contributed by atoms with Gasteiger partial charge in [0.1, 0.15) is 6.42 Å². The highest BCUT2D eigenvalue weighted by Crippen LogP contribution is 2.23. The third-order valence-corrected chi connectivity index (χ3v) is 1.71. The van der Waals surface area contributed by atoms with E-state index < -0.39 is 17.7 Å². The van der Waals surface area contributed by atoms with E-state index in [1.54, 1.807) is 6.92 Å². The standard InChI is InChI=1S/C8H12O5/c1-8(3-4-11-2)12-6(9)5-7(10)13-8/h3-5H2,1-2H3. The molecule has 0 bridgehead atoms. The SMILES string of the molecule is COCCC1(C)OC(=O)CC(=O)O1. The molecule has 0 aliphatic carbocycles. The van der Waals surface area contributed by atoms with Crippen molar-refractivity contribution < 1.29 is 23.8 Å². The highest BCUT2D eigenvalue weighted by Gasteiger charge is 2.38. The summed E-state index contributed by atoms with van der Waals surface area (Å²) >= 11 is 0. The van der Waals surface area contributed by atoms with Gasteiger partial charge in [-0.3, -0.25) is 9.59 Å². The third kappa shape index (κ3) is 2.69. The number of hydrogen-bond donors (Lipinski definition) is 0. The molecule has 5 nitrogen and oxygen atoms in total. The lowest BCUT2D eigenvalue weighted by atomic mass is 10.2. The van der Waals surface area contributed by atoms with Crippen LogP contribution < -0.4 is 0 Å². The van der Waals surface area contributed by atoms with Crippen LogP contribution in [0.3, 0.4) is 0 Å². The van der Waals surface area contributed by atoms with Crippen molar-refractivity contribution >= 4 is 11.9 Å². The molecule has 5 heteroatoms. The summed E-state index contributed by atoms with van der Waals surface area (Å²) in [6.07, 6.45) is 0.0452. The van der Waals surface area contributed by atoms with Gasteiger partial charge in [-0.05, 0) is 0 Å². The van der Waals surface area contributed by atoms with E-state index in [0.29, 0.717) is 13.0 Å². The highest BCUT2D eigenvalue weighted by molar-refractivity contribution is 5.93. The van der Waals surface area contributed by atoms with Gasteiger partial charge in [-0.15, -0.1) is 0 Å². The summed E-state index contributed by atoms with van der Waals surface area (Å²) in [5.41, 5.74) is 0. The maximum atomic E-state index is 10.9. The molecule has 0 unspecified atom stereocenters. The lowest BCUT2D eigenvalue weighted by Gasteiger charge is -2.32. The Balaban J connectivity index is 2.55. The van der Waals surface area contributed by atoms with E-state index in [1.165, 1.54) is 7.11 Å². The minimum Gasteiger partial charge on any atom is -0.422 e. The molecule has 0 amide bonds. The van der Waals surface area contributed by atoms with Crippen molar-refractivity contribution in [2.75, 3.05) is 13.7 Å². The quantitative estimate of drug-likeness (QED) is 0.468. The Hall–Kier alpha value is -1.10. The zero-order chi connectivity index (χ0) is 9.90. The Morgan fingerprint density at radius 1 is 1.38 bits per heavy atom. The fourth-order valence-corrected chi connectivity index (χ4v) is 1.08. The topological polar surface area (TPSA) is 61.8 Å². The maximum Gasteiger partial charge on any atom is 0.320 e. The van der Waals surface area contributed by atoms with Gasteiger partial charge < -0.3 is 14.2 Å². The zero-order valence-corrected chi connectivity index (χ0v) is 7.66. The molecule has 1 saturated heterocycles. The fraction of sp³-hybridized carbons (Fsp3) is 0.750. The molecule has 0 radical (unpaired) electrons. The van der Waals surface area contributed by atoms with Gasteiger partial charge in [-0.25, -0.2) is 0 Å². The van der Waals surface area contributed by atoms with Crippen molar-refractivity contribution in [3.8, 4) is 0 Å². The number of carbonyl (C=O) groups is 2. The highest BCUT2D eigenvalue weighted by atomic mass is 16.7. The summed E-state index contributed by atoms with van der Waals surface area (Å²) < 4.78 is 14.6. The van der Waals surface area contributed by atoms with E-state index in [-0.39, 0.29) is 6.42 Å². The van der Waals surface area contributed by atoms with Crippen LogP contribution in [0, 0.1) is 0 Å². The average Bonchev–Trinajstić information content (AvgIpc) is 1.98. The second kappa shape index (κ2) is 3.74. The van der Waals surface area contributed by atoms with Gasteiger partial charge in [0.15, 0.2) is 0 Å². The van der Waals surface area contributed by atoms with Crippen molar-refractivity contribution in [1.29, 1.82) is 0 Å². The Kier molecular flexibility index (Phi) is 2.87. The molecule has 1 fully saturated rings. The van der Waals surface area contributed by atoms with Crippen LogP contribution in [0.15, 0.2) is 0 Å². The molecule has 1 heterocycles. The summed E-state index contributed by atoms with van der Waals surface area (Å²) in [6, 6.07) is 0. The molecule has 74 valence electrons. The summed E-state index contributed by atoms with van der Waals surface area (Å²) in [6.45, 7) is 1.91. The second-order valence-electron chi connectivity index (χ2n) is 3.00. The lowest BCUT2D eigenvalue weighted by Crippen LogP contribution is -2.43. The zero-order valence-electron chi connectivity index (χ0n) is 7.66. The van der Waals surface area contributed by atoms with E-state index in [1.807, 2.05) is 0 Å². The minimum atomic E-state index is -1.15. The first-order valence-electron chi connectivity index (χ1n) is 3.98. The monoisotopic (exact) mass is 188 g/mol. The smallest absolute Gasteiger partial charge is 0.320 e. The average molecular weight is 188 g/mol. The van der Waals surface area contributed by atoms with Crippen molar-refractivity contribution in [3.63, 3.8) is 0 Å². The van der Waals surface area contributed by atoms with Crippen LogP contribution in [-0.4, -0.2) is 31.4 Å². The van der Waals surface area contributed by atoms with Crippen LogP contribution in [0.2, 0.25) is 0 Å². The number of hydrogen-bond acceptors (Lipinski definition) is 5. The summed E-state index contributed by atoms with van der Waals surface area (Å²) in [5, 5.41) is 0. The molecule has 0 aromatic rings. The molecular formula is C8H12O5. The van der Waals surface area contributed by atoms with Gasteiger partial charge in [0.25, 0.3) is 5.79 Å². The molecule has 1 aliphatic heterocycles. The number of rotatable bonds is 3. The molecule has 0 aromatic heterocycles. The van der Waals surface area contributed by atoms with Crippen molar-refractivity contribution in [2.45, 2.75) is 25.6 Å². The van der Waals surface area contributed by atoms with Gasteiger partial charge in [0.2, 0.25) is 0 Å². The number of carbonyl (C=O) groups excluding carboxylic acids is 2. The summed E-state index contributed by atoms with van der Waals surface area (Å²) in [4.78, 5) is 21.8. The summed E-state index contributed by atoms with van der Waals surface area (Å²) in [7, 11) is 1.52. The van der Waals surface area contributed by atoms with Gasteiger partial charge in [-0.1, -0.05) is 0 Å². The third-order valence-electron chi connectivity index (χ3n) is 1.71. The number of ether oxygens (including phenoxy) is 3. The maximum absolute atomic E-state index is 10.9. The molecule has 0 saturated carbocycles. The molecule has 13 heavy (non-hydrogen) atoms. The molecule has 0 spiro atoms. The van der Waals surface area contributed by atoms with Crippen LogP contribution in [-0.2, 0) is 23.8 Å². The van der Waals surface area contributed by atoms with Crippen LogP contribution in [0.5, 0.6) is 0 Å². The van der Waals surface area contributed by atoms with E-state index >= 15 is 0 Å². The summed E-state index contributed by atoms with van der Waals surface area (Å²) in [5.74, 6) is -2.24. The Morgan fingerprint density at radius 3 is 2.38 bits per heavy atom. The van der Waals surface area contributed by atoms with Crippen molar-refractivity contribution in [2.24, 2.45) is 0 Å². The molecular weight excluding hydrogens is 176 g/mol. The normalized spacial score (nSPS) is 20.8. The first-order chi connectivity index (χ1) is 6.06. The van der Waals surface area contributed by atoms with Crippen molar-refractivity contribution in [1.82, 2.24) is 0 Å². The van der Waals surface area contributed by atoms with E-state index in [4.69, 9.17) is 14.2 Å². The molecule has 1 rings (SSSR count). The van der Waals surface area contributed by atoms with Gasteiger partial charge in [0.05, 0.1) is 6.61 Å². The largest absolute Gasteiger partial charge is 0.422 e. The van der Waals surface area contributed by atoms with E-state index in [0.717, 1.165) is 0 Å². The predicted molar refractivity (Wildman–Crippen MR) is 41.7 cm³/mol. The van der Waals surface area contributed by atoms with E-state index in [9.17, 15) is 9.59 Å². The van der Waals surface area contributed by atoms with Crippen LogP contribution in [0.25, 0.3) is 0 Å². The molecule has 1 aliphatic rings. The number of esters is 2. The van der Waals surface area contributed by atoms with Crippen LogP contribution in [0.4, 0.5) is 0 Å². The Bertz CT molecular complexity index is 207. The van der Waals surface area contributed by atoms with Gasteiger partial charge in [-0.2, -0.15) is 0 Å². The van der Waals surface area contributed by atoms with Gasteiger partial charge in [0, 0.05) is 20.5 Å². The molecule has 0 N–H and O–H groups in total.